The number of hydrogen-bond acceptors (Lipinski definition) is 2. The molecule has 0 saturated heterocycles. The molecule has 112 valence electrons. The van der Waals surface area contributed by atoms with Crippen LogP contribution in [0, 0.1) is 6.92 Å². The Labute approximate surface area is 130 Å². The van der Waals surface area contributed by atoms with Crippen LogP contribution >= 0.6 is 0 Å². The predicted octanol–water partition coefficient (Wildman–Crippen LogP) is 3.57. The van der Waals surface area contributed by atoms with Crippen LogP contribution in [0.15, 0.2) is 48.5 Å². The van der Waals surface area contributed by atoms with E-state index in [-0.39, 0.29) is 0 Å². The van der Waals surface area contributed by atoms with E-state index in [2.05, 4.69) is 53.6 Å². The number of para-hydroxylation sites is 2. The molecule has 2 aromatic carbocycles. The zero-order valence-corrected chi connectivity index (χ0v) is 12.7. The van der Waals surface area contributed by atoms with Crippen LogP contribution < -0.4 is 10.1 Å². The molecule has 0 radical (unpaired) electrons. The number of ether oxygens (including phenoxy) is 1. The van der Waals surface area contributed by atoms with Crippen molar-refractivity contribution in [3.05, 3.63) is 65.4 Å². The Kier molecular flexibility index (Phi) is 3.35. The van der Waals surface area contributed by atoms with Crippen LogP contribution in [0.3, 0.4) is 0 Å². The molecule has 3 nitrogen and oxygen atoms in total. The van der Waals surface area contributed by atoms with Crippen LogP contribution in [-0.2, 0) is 13.0 Å². The standard InChI is InChI=1S/C19H20N2O/c1-13-16-7-3-4-8-17(16)21-18(13)11-20-15-10-14-6-2-5-9-19(14)22-12-15/h2-9,15,20-21H,10-12H2,1H3. The summed E-state index contributed by atoms with van der Waals surface area (Å²) < 4.78 is 5.84. The molecule has 0 saturated carbocycles. The summed E-state index contributed by atoms with van der Waals surface area (Å²) in [7, 11) is 0. The Morgan fingerprint density at radius 2 is 1.95 bits per heavy atom. The summed E-state index contributed by atoms with van der Waals surface area (Å²) in [6, 6.07) is 17.1. The SMILES string of the molecule is Cc1c(CNC2COc3ccccc3C2)[nH]c2ccccc12. The Hall–Kier alpha value is -2.26. The van der Waals surface area contributed by atoms with Crippen molar-refractivity contribution in [1.29, 1.82) is 0 Å². The number of rotatable bonds is 3. The summed E-state index contributed by atoms with van der Waals surface area (Å²) in [5.41, 5.74) is 5.10. The number of H-pyrrole nitrogens is 1. The lowest BCUT2D eigenvalue weighted by molar-refractivity contribution is 0.237. The smallest absolute Gasteiger partial charge is 0.122 e. The van der Waals surface area contributed by atoms with Gasteiger partial charge in [0.15, 0.2) is 0 Å². The number of fused-ring (bicyclic) bond motifs is 2. The molecule has 4 rings (SSSR count). The van der Waals surface area contributed by atoms with E-state index in [1.54, 1.807) is 0 Å². The van der Waals surface area contributed by atoms with E-state index in [1.807, 2.05) is 12.1 Å². The van der Waals surface area contributed by atoms with Crippen LogP contribution in [0.25, 0.3) is 10.9 Å². The maximum Gasteiger partial charge on any atom is 0.122 e. The minimum Gasteiger partial charge on any atom is -0.492 e. The van der Waals surface area contributed by atoms with Gasteiger partial charge >= 0.3 is 0 Å². The van der Waals surface area contributed by atoms with Gasteiger partial charge in [-0.15, -0.1) is 0 Å². The van der Waals surface area contributed by atoms with Crippen molar-refractivity contribution >= 4 is 10.9 Å². The van der Waals surface area contributed by atoms with Crippen molar-refractivity contribution < 1.29 is 4.74 Å². The predicted molar refractivity (Wildman–Crippen MR) is 89.3 cm³/mol. The van der Waals surface area contributed by atoms with Crippen LogP contribution in [0.4, 0.5) is 0 Å². The second-order valence-electron chi connectivity index (χ2n) is 5.97. The third-order valence-electron chi connectivity index (χ3n) is 4.52. The van der Waals surface area contributed by atoms with Gasteiger partial charge in [-0.2, -0.15) is 0 Å². The molecule has 0 spiro atoms. The number of aromatic amines is 1. The topological polar surface area (TPSA) is 37.0 Å². The van der Waals surface area contributed by atoms with Gasteiger partial charge in [0.1, 0.15) is 12.4 Å². The van der Waals surface area contributed by atoms with E-state index in [1.165, 1.54) is 27.7 Å². The van der Waals surface area contributed by atoms with Crippen LogP contribution in [-0.4, -0.2) is 17.6 Å². The van der Waals surface area contributed by atoms with Crippen LogP contribution in [0.1, 0.15) is 16.8 Å². The highest BCUT2D eigenvalue weighted by Crippen LogP contribution is 2.25. The summed E-state index contributed by atoms with van der Waals surface area (Å²) in [6.45, 7) is 3.76. The summed E-state index contributed by atoms with van der Waals surface area (Å²) in [4.78, 5) is 3.52. The van der Waals surface area contributed by atoms with Gasteiger partial charge in [0.05, 0.1) is 0 Å². The quantitative estimate of drug-likeness (QED) is 0.774. The molecule has 1 unspecified atom stereocenters. The van der Waals surface area contributed by atoms with Crippen molar-refractivity contribution in [1.82, 2.24) is 10.3 Å². The van der Waals surface area contributed by atoms with Gasteiger partial charge in [0, 0.05) is 29.2 Å². The molecule has 2 N–H and O–H groups in total. The van der Waals surface area contributed by atoms with Crippen LogP contribution in [0.2, 0.25) is 0 Å². The van der Waals surface area contributed by atoms with Crippen molar-refractivity contribution in [2.45, 2.75) is 25.9 Å². The van der Waals surface area contributed by atoms with Crippen molar-refractivity contribution in [2.75, 3.05) is 6.61 Å². The minimum atomic E-state index is 0.362. The maximum absolute atomic E-state index is 5.84. The first-order valence-electron chi connectivity index (χ1n) is 7.81. The minimum absolute atomic E-state index is 0.362. The van der Waals surface area contributed by atoms with Gasteiger partial charge in [-0.25, -0.2) is 0 Å². The van der Waals surface area contributed by atoms with Crippen molar-refractivity contribution in [3.63, 3.8) is 0 Å². The Morgan fingerprint density at radius 1 is 1.14 bits per heavy atom. The molecule has 3 heteroatoms. The third-order valence-corrected chi connectivity index (χ3v) is 4.52. The summed E-state index contributed by atoms with van der Waals surface area (Å²) in [6.07, 6.45) is 1.02. The van der Waals surface area contributed by atoms with Gasteiger partial charge in [0.2, 0.25) is 0 Å². The average molecular weight is 292 g/mol. The monoisotopic (exact) mass is 292 g/mol. The first-order chi connectivity index (χ1) is 10.8. The molecule has 1 aliphatic rings. The Bertz CT molecular complexity index is 806. The maximum atomic E-state index is 5.84. The second-order valence-corrected chi connectivity index (χ2v) is 5.97. The van der Waals surface area contributed by atoms with Gasteiger partial charge in [0.25, 0.3) is 0 Å². The molecule has 22 heavy (non-hydrogen) atoms. The van der Waals surface area contributed by atoms with Crippen molar-refractivity contribution in [2.24, 2.45) is 0 Å². The molecule has 2 heterocycles. The Balaban J connectivity index is 1.48. The number of aromatic nitrogens is 1. The zero-order chi connectivity index (χ0) is 14.9. The lowest BCUT2D eigenvalue weighted by atomic mass is 10.0. The lowest BCUT2D eigenvalue weighted by Gasteiger charge is -2.26. The highest BCUT2D eigenvalue weighted by atomic mass is 16.5. The normalized spacial score (nSPS) is 17.2. The number of nitrogens with one attached hydrogen (secondary N) is 2. The molecule has 1 aromatic heterocycles. The molecule has 1 aliphatic heterocycles. The first-order valence-corrected chi connectivity index (χ1v) is 7.81. The van der Waals surface area contributed by atoms with E-state index >= 15 is 0 Å². The van der Waals surface area contributed by atoms with E-state index in [4.69, 9.17) is 4.74 Å². The molecule has 0 fully saturated rings. The molecular formula is C19H20N2O. The Morgan fingerprint density at radius 3 is 2.86 bits per heavy atom. The molecular weight excluding hydrogens is 272 g/mol. The average Bonchev–Trinajstić information content (AvgIpc) is 2.89. The first kappa shape index (κ1) is 13.4. The fourth-order valence-electron chi connectivity index (χ4n) is 3.22. The van der Waals surface area contributed by atoms with E-state index in [9.17, 15) is 0 Å². The fourth-order valence-corrected chi connectivity index (χ4v) is 3.22. The highest BCUT2D eigenvalue weighted by molar-refractivity contribution is 5.84. The second kappa shape index (κ2) is 5.50. The van der Waals surface area contributed by atoms with E-state index in [0.717, 1.165) is 25.3 Å². The van der Waals surface area contributed by atoms with Crippen LogP contribution in [0.5, 0.6) is 5.75 Å². The number of aryl methyl sites for hydroxylation is 1. The van der Waals surface area contributed by atoms with Crippen molar-refractivity contribution in [3.8, 4) is 5.75 Å². The van der Waals surface area contributed by atoms with Gasteiger partial charge in [-0.05, 0) is 36.6 Å². The number of hydrogen-bond donors (Lipinski definition) is 2. The van der Waals surface area contributed by atoms with Gasteiger partial charge in [-0.1, -0.05) is 36.4 Å². The number of benzene rings is 2. The molecule has 0 bridgehead atoms. The molecule has 0 aliphatic carbocycles. The van der Waals surface area contributed by atoms with E-state index < -0.39 is 0 Å². The molecule has 3 aromatic rings. The largest absolute Gasteiger partial charge is 0.492 e. The zero-order valence-electron chi connectivity index (χ0n) is 12.7. The third kappa shape index (κ3) is 2.38. The lowest BCUT2D eigenvalue weighted by Crippen LogP contribution is -2.39. The molecule has 0 amide bonds. The summed E-state index contributed by atoms with van der Waals surface area (Å²) >= 11 is 0. The van der Waals surface area contributed by atoms with Gasteiger partial charge in [-0.3, -0.25) is 0 Å². The summed E-state index contributed by atoms with van der Waals surface area (Å²) in [5, 5.41) is 4.93. The van der Waals surface area contributed by atoms with E-state index in [0.29, 0.717) is 6.04 Å². The summed E-state index contributed by atoms with van der Waals surface area (Å²) in [5.74, 6) is 1.03. The molecule has 1 atom stereocenters. The fraction of sp³-hybridized carbons (Fsp3) is 0.263. The highest BCUT2D eigenvalue weighted by Gasteiger charge is 2.19. The van der Waals surface area contributed by atoms with Gasteiger partial charge < -0.3 is 15.0 Å².